The smallest absolute Gasteiger partial charge is 0.339 e. The minimum atomic E-state index is -1.00. The second-order valence-corrected chi connectivity index (χ2v) is 5.30. The van der Waals surface area contributed by atoms with E-state index in [0.717, 1.165) is 0 Å². The molecule has 0 atom stereocenters. The predicted molar refractivity (Wildman–Crippen MR) is 81.8 cm³/mol. The van der Waals surface area contributed by atoms with Crippen LogP contribution in [0.15, 0.2) is 24.3 Å². The largest absolute Gasteiger partial charge is 0.481 e. The van der Waals surface area contributed by atoms with E-state index in [-0.39, 0.29) is 36.8 Å². The third kappa shape index (κ3) is 4.87. The molecule has 1 rings (SSSR count). The van der Waals surface area contributed by atoms with Gasteiger partial charge in [0.1, 0.15) is 0 Å². The van der Waals surface area contributed by atoms with Gasteiger partial charge in [-0.1, -0.05) is 26.0 Å². The molecule has 0 fully saturated rings. The highest BCUT2D eigenvalue weighted by Gasteiger charge is 2.23. The quantitative estimate of drug-likeness (QED) is 0.782. The van der Waals surface area contributed by atoms with Crippen molar-refractivity contribution in [1.29, 1.82) is 0 Å². The molecule has 0 radical (unpaired) electrons. The molecule has 0 saturated carbocycles. The van der Waals surface area contributed by atoms with E-state index in [0.29, 0.717) is 5.69 Å². The topological polar surface area (TPSA) is 83.9 Å². The summed E-state index contributed by atoms with van der Waals surface area (Å²) in [7, 11) is 1.26. The highest BCUT2D eigenvalue weighted by atomic mass is 16.5. The number of carboxylic acids is 1. The van der Waals surface area contributed by atoms with Gasteiger partial charge in [-0.15, -0.1) is 0 Å². The second kappa shape index (κ2) is 8.17. The Balaban J connectivity index is 3.17. The van der Waals surface area contributed by atoms with Crippen molar-refractivity contribution in [3.8, 4) is 0 Å². The zero-order valence-electron chi connectivity index (χ0n) is 13.0. The number of ether oxygens (including phenoxy) is 1. The fourth-order valence-electron chi connectivity index (χ4n) is 2.04. The van der Waals surface area contributed by atoms with Crippen LogP contribution < -0.4 is 4.90 Å². The molecule has 0 aliphatic carbocycles. The van der Waals surface area contributed by atoms with Crippen LogP contribution in [0.25, 0.3) is 0 Å². The van der Waals surface area contributed by atoms with Crippen LogP contribution in [0.3, 0.4) is 0 Å². The summed E-state index contributed by atoms with van der Waals surface area (Å²) in [6.07, 6.45) is 0.0778. The van der Waals surface area contributed by atoms with Crippen molar-refractivity contribution in [3.63, 3.8) is 0 Å². The van der Waals surface area contributed by atoms with Gasteiger partial charge in [0, 0.05) is 13.0 Å². The molecule has 1 N–H and O–H groups in total. The average Bonchev–Trinajstić information content (AvgIpc) is 2.46. The summed E-state index contributed by atoms with van der Waals surface area (Å²) < 4.78 is 4.72. The van der Waals surface area contributed by atoms with E-state index >= 15 is 0 Å². The van der Waals surface area contributed by atoms with E-state index in [9.17, 15) is 14.4 Å². The number of carbonyl (C=O) groups excluding carboxylic acids is 2. The highest BCUT2D eigenvalue weighted by molar-refractivity contribution is 6.02. The van der Waals surface area contributed by atoms with Crippen molar-refractivity contribution < 1.29 is 24.2 Å². The van der Waals surface area contributed by atoms with Gasteiger partial charge in [0.15, 0.2) is 0 Å². The maximum Gasteiger partial charge on any atom is 0.339 e. The Morgan fingerprint density at radius 2 is 1.86 bits per heavy atom. The number of amides is 1. The van der Waals surface area contributed by atoms with Crippen LogP contribution in [0.4, 0.5) is 5.69 Å². The molecule has 0 aliphatic heterocycles. The lowest BCUT2D eigenvalue weighted by Crippen LogP contribution is -2.35. The normalized spacial score (nSPS) is 10.4. The summed E-state index contributed by atoms with van der Waals surface area (Å²) in [6.45, 7) is 3.81. The lowest BCUT2D eigenvalue weighted by atomic mass is 10.1. The number of benzene rings is 1. The molecule has 0 unspecified atom stereocenters. The fraction of sp³-hybridized carbons (Fsp3) is 0.438. The lowest BCUT2D eigenvalue weighted by Gasteiger charge is -2.25. The number of methoxy groups -OCH3 is 1. The molecule has 6 heteroatoms. The Labute approximate surface area is 129 Å². The number of carbonyl (C=O) groups is 3. The maximum atomic E-state index is 12.4. The van der Waals surface area contributed by atoms with Gasteiger partial charge >= 0.3 is 11.9 Å². The molecule has 0 spiro atoms. The Kier molecular flexibility index (Phi) is 6.56. The van der Waals surface area contributed by atoms with Crippen LogP contribution >= 0.6 is 0 Å². The second-order valence-electron chi connectivity index (χ2n) is 5.30. The summed E-state index contributed by atoms with van der Waals surface area (Å²) in [5, 5.41) is 8.87. The minimum Gasteiger partial charge on any atom is -0.481 e. The van der Waals surface area contributed by atoms with E-state index in [1.54, 1.807) is 24.3 Å². The number of hydrogen-bond donors (Lipinski definition) is 1. The van der Waals surface area contributed by atoms with Crippen molar-refractivity contribution in [3.05, 3.63) is 29.8 Å². The number of hydrogen-bond acceptors (Lipinski definition) is 4. The van der Waals surface area contributed by atoms with Gasteiger partial charge in [-0.2, -0.15) is 0 Å². The van der Waals surface area contributed by atoms with Crippen LogP contribution in [-0.2, 0) is 14.3 Å². The molecule has 1 aromatic carbocycles. The van der Waals surface area contributed by atoms with Gasteiger partial charge in [-0.25, -0.2) is 4.79 Å². The molecule has 0 heterocycles. The first-order valence-corrected chi connectivity index (χ1v) is 7.06. The van der Waals surface area contributed by atoms with Gasteiger partial charge < -0.3 is 14.7 Å². The molecule has 1 amide bonds. The molecule has 1 aromatic rings. The van der Waals surface area contributed by atoms with Gasteiger partial charge in [-0.05, 0) is 18.1 Å². The van der Waals surface area contributed by atoms with Crippen LogP contribution in [0, 0.1) is 5.92 Å². The third-order valence-corrected chi connectivity index (χ3v) is 3.03. The molecule has 6 nitrogen and oxygen atoms in total. The Morgan fingerprint density at radius 1 is 1.23 bits per heavy atom. The number of esters is 1. The Bertz CT molecular complexity index is 553. The number of anilines is 1. The Morgan fingerprint density at radius 3 is 2.41 bits per heavy atom. The SMILES string of the molecule is COC(=O)c1ccccc1N(CCC(=O)O)C(=O)CC(C)C. The standard InChI is InChI=1S/C16H21NO5/c1-11(2)10-14(18)17(9-8-15(19)20)13-7-5-4-6-12(13)16(21)22-3/h4-7,11H,8-10H2,1-3H3,(H,19,20). The number of aliphatic carboxylic acids is 1. The summed E-state index contributed by atoms with van der Waals surface area (Å²) in [6, 6.07) is 6.53. The van der Waals surface area contributed by atoms with E-state index in [4.69, 9.17) is 9.84 Å². The van der Waals surface area contributed by atoms with E-state index in [1.807, 2.05) is 13.8 Å². The zero-order chi connectivity index (χ0) is 16.7. The number of nitrogens with zero attached hydrogens (tertiary/aromatic N) is 1. The molecular weight excluding hydrogens is 286 g/mol. The first kappa shape index (κ1) is 17.7. The van der Waals surface area contributed by atoms with Gasteiger partial charge in [0.2, 0.25) is 5.91 Å². The van der Waals surface area contributed by atoms with Gasteiger partial charge in [-0.3, -0.25) is 9.59 Å². The molecule has 0 saturated heterocycles. The highest BCUT2D eigenvalue weighted by Crippen LogP contribution is 2.23. The van der Waals surface area contributed by atoms with Crippen LogP contribution in [0.2, 0.25) is 0 Å². The predicted octanol–water partition coefficient (Wildman–Crippen LogP) is 2.33. The molecule has 0 aliphatic rings. The van der Waals surface area contributed by atoms with Crippen LogP contribution in [0.1, 0.15) is 37.0 Å². The van der Waals surface area contributed by atoms with E-state index in [2.05, 4.69) is 0 Å². The third-order valence-electron chi connectivity index (χ3n) is 3.03. The van der Waals surface area contributed by atoms with Crippen molar-refractivity contribution in [1.82, 2.24) is 0 Å². The number of para-hydroxylation sites is 1. The fourth-order valence-corrected chi connectivity index (χ4v) is 2.04. The van der Waals surface area contributed by atoms with Crippen LogP contribution in [-0.4, -0.2) is 36.6 Å². The van der Waals surface area contributed by atoms with E-state index < -0.39 is 11.9 Å². The summed E-state index contributed by atoms with van der Waals surface area (Å²) in [5.41, 5.74) is 0.619. The van der Waals surface area contributed by atoms with Gasteiger partial charge in [0.05, 0.1) is 24.8 Å². The minimum absolute atomic E-state index is 0.00882. The molecule has 120 valence electrons. The first-order valence-electron chi connectivity index (χ1n) is 7.06. The summed E-state index contributed by atoms with van der Waals surface area (Å²) in [4.78, 5) is 36.4. The van der Waals surface area contributed by atoms with Crippen molar-refractivity contribution in [2.45, 2.75) is 26.7 Å². The Hall–Kier alpha value is -2.37. The van der Waals surface area contributed by atoms with Crippen LogP contribution in [0.5, 0.6) is 0 Å². The van der Waals surface area contributed by atoms with Crippen molar-refractivity contribution in [2.75, 3.05) is 18.6 Å². The molecule has 0 bridgehead atoms. The number of carboxylic acid groups (broad SMARTS) is 1. The van der Waals surface area contributed by atoms with Crippen molar-refractivity contribution >= 4 is 23.5 Å². The summed E-state index contributed by atoms with van der Waals surface area (Å²) in [5.74, 6) is -1.65. The van der Waals surface area contributed by atoms with E-state index in [1.165, 1.54) is 12.0 Å². The average molecular weight is 307 g/mol. The molecular formula is C16H21NO5. The van der Waals surface area contributed by atoms with Gasteiger partial charge in [0.25, 0.3) is 0 Å². The first-order chi connectivity index (χ1) is 10.4. The lowest BCUT2D eigenvalue weighted by molar-refractivity contribution is -0.136. The maximum absolute atomic E-state index is 12.4. The number of rotatable bonds is 7. The zero-order valence-corrected chi connectivity index (χ0v) is 13.0. The monoisotopic (exact) mass is 307 g/mol. The summed E-state index contributed by atoms with van der Waals surface area (Å²) >= 11 is 0. The molecule has 0 aromatic heterocycles. The molecule has 22 heavy (non-hydrogen) atoms. The van der Waals surface area contributed by atoms with Crippen molar-refractivity contribution in [2.24, 2.45) is 5.92 Å².